The maximum absolute atomic E-state index is 15.2. The van der Waals surface area contributed by atoms with Crippen LogP contribution in [-0.4, -0.2) is 111 Å². The van der Waals surface area contributed by atoms with Crippen molar-refractivity contribution in [2.24, 2.45) is 9.98 Å². The van der Waals surface area contributed by atoms with Gasteiger partial charge in [-0.1, -0.05) is 27.7 Å². The van der Waals surface area contributed by atoms with Crippen molar-refractivity contribution in [2.45, 2.75) is 125 Å². The molecule has 6 atom stereocenters. The number of rotatable bonds is 9. The zero-order valence-corrected chi connectivity index (χ0v) is 44.9. The molecule has 18 nitrogen and oxygen atoms in total. The van der Waals surface area contributed by atoms with E-state index in [4.69, 9.17) is 0 Å². The Kier molecular flexibility index (Phi) is 13.9. The third kappa shape index (κ3) is 7.37. The molecule has 0 unspecified atom stereocenters. The number of nitrogens with zero attached hydrogens (tertiary/aromatic N) is 4. The van der Waals surface area contributed by atoms with Gasteiger partial charge in [-0.2, -0.15) is 0 Å². The summed E-state index contributed by atoms with van der Waals surface area (Å²) in [5, 5.41) is 69.5. The van der Waals surface area contributed by atoms with Crippen molar-refractivity contribution in [1.29, 1.82) is 0 Å². The SMILES string of the molecule is Cc1c(-c2c(C)c(=O)c3c(C(C)C)c(=O)c(=O)c(C=N[C@@H]4C(=O)N5[C@@H]4SC(C)(C)[C@@H]5C(=O)[O-])c-3c2=O)c(O)c2c(C=N[C@@H]3C(=O)N4[C@@H]3SC(C)(C)[C@@H]4C(=O)[O-])c(O)c(O)c(C(C)C)c2c1O.[Na+].[Na+]. The van der Waals surface area contributed by atoms with Crippen LogP contribution in [-0.2, 0) is 19.2 Å². The van der Waals surface area contributed by atoms with Crippen molar-refractivity contribution in [3.8, 4) is 45.3 Å². The van der Waals surface area contributed by atoms with Gasteiger partial charge in [0.05, 0.1) is 29.6 Å². The normalized spacial score (nSPS) is 23.6. The summed E-state index contributed by atoms with van der Waals surface area (Å²) in [6, 6.07) is -4.99. The molecule has 4 heterocycles. The maximum Gasteiger partial charge on any atom is 1.00 e. The van der Waals surface area contributed by atoms with Crippen molar-refractivity contribution in [2.75, 3.05) is 0 Å². The van der Waals surface area contributed by atoms with Crippen molar-refractivity contribution in [3.05, 3.63) is 74.3 Å². The van der Waals surface area contributed by atoms with Gasteiger partial charge in [-0.05, 0) is 53.4 Å². The number of carbonyl (C=O) groups excluding carboxylic acids is 4. The van der Waals surface area contributed by atoms with Gasteiger partial charge in [0, 0.05) is 82.8 Å². The summed E-state index contributed by atoms with van der Waals surface area (Å²) >= 11 is 2.29. The minimum Gasteiger partial charge on any atom is -0.548 e. The van der Waals surface area contributed by atoms with Crippen molar-refractivity contribution < 1.29 is 109 Å². The van der Waals surface area contributed by atoms with Crippen molar-refractivity contribution in [1.82, 2.24) is 9.80 Å². The first-order chi connectivity index (χ1) is 30.6. The van der Waals surface area contributed by atoms with Crippen LogP contribution in [0.5, 0.6) is 23.0 Å². The van der Waals surface area contributed by atoms with Gasteiger partial charge in [-0.3, -0.25) is 38.8 Å². The van der Waals surface area contributed by atoms with Crippen LogP contribution >= 0.6 is 23.5 Å². The van der Waals surface area contributed by atoms with Crippen molar-refractivity contribution >= 4 is 70.5 Å². The first-order valence-corrected chi connectivity index (χ1v) is 22.7. The molecule has 68 heavy (non-hydrogen) atoms. The molecule has 6 aliphatic rings. The minimum atomic E-state index is -1.48. The molecule has 0 radical (unpaired) electrons. The smallest absolute Gasteiger partial charge is 0.548 e. The molecule has 2 aliphatic carbocycles. The first-order valence-electron chi connectivity index (χ1n) is 20.9. The second-order valence-corrected chi connectivity index (χ2v) is 22.3. The van der Waals surface area contributed by atoms with Crippen LogP contribution in [0.25, 0.3) is 33.0 Å². The zero-order valence-electron chi connectivity index (χ0n) is 39.3. The molecule has 2 amide bonds. The van der Waals surface area contributed by atoms with E-state index in [1.54, 1.807) is 55.4 Å². The Hall–Kier alpha value is -4.28. The Morgan fingerprint density at radius 3 is 1.47 bits per heavy atom. The van der Waals surface area contributed by atoms with Gasteiger partial charge < -0.3 is 50.0 Å². The summed E-state index contributed by atoms with van der Waals surface area (Å²) in [5.41, 5.74) is -7.99. The fourth-order valence-corrected chi connectivity index (χ4v) is 13.4. The number of aliphatic imine (C=N–C) groups is 2. The molecule has 0 aromatic heterocycles. The Morgan fingerprint density at radius 2 is 1.03 bits per heavy atom. The van der Waals surface area contributed by atoms with Gasteiger partial charge in [-0.15, -0.1) is 23.5 Å². The van der Waals surface area contributed by atoms with Gasteiger partial charge in [0.15, 0.2) is 34.4 Å². The van der Waals surface area contributed by atoms with Crippen LogP contribution in [0, 0.1) is 13.8 Å². The minimum absolute atomic E-state index is 0. The Labute approximate surface area is 440 Å². The zero-order chi connectivity index (χ0) is 48.9. The topological polar surface area (TPSA) is 295 Å². The largest absolute Gasteiger partial charge is 1.00 e. The summed E-state index contributed by atoms with van der Waals surface area (Å²) in [4.78, 5) is 119. The van der Waals surface area contributed by atoms with Crippen LogP contribution < -0.4 is 91.0 Å². The van der Waals surface area contributed by atoms with E-state index >= 15 is 4.79 Å². The molecular formula is C46H44N4Na2O14S2. The van der Waals surface area contributed by atoms with E-state index < -0.39 is 158 Å². The number of amides is 2. The predicted molar refractivity (Wildman–Crippen MR) is 243 cm³/mol. The van der Waals surface area contributed by atoms with Gasteiger partial charge >= 0.3 is 59.1 Å². The van der Waals surface area contributed by atoms with Crippen LogP contribution in [0.1, 0.15) is 101 Å². The molecule has 0 spiro atoms. The molecule has 346 valence electrons. The monoisotopic (exact) mass is 986 g/mol. The van der Waals surface area contributed by atoms with E-state index in [1.165, 1.54) is 13.8 Å². The Morgan fingerprint density at radius 1 is 0.574 bits per heavy atom. The third-order valence-electron chi connectivity index (χ3n) is 13.3. The molecular weight excluding hydrogens is 943 g/mol. The number of β-lactam (4-membered cyclic amide) rings is 2. The summed E-state index contributed by atoms with van der Waals surface area (Å²) in [6.07, 6.45) is 1.83. The van der Waals surface area contributed by atoms with E-state index in [1.807, 2.05) is 0 Å². The Balaban J connectivity index is 0.00000381. The fourth-order valence-electron chi connectivity index (χ4n) is 10.2. The average molecular weight is 987 g/mol. The van der Waals surface area contributed by atoms with E-state index in [0.29, 0.717) is 0 Å². The van der Waals surface area contributed by atoms with Gasteiger partial charge in [-0.25, -0.2) is 0 Å². The molecule has 22 heteroatoms. The van der Waals surface area contributed by atoms with E-state index in [2.05, 4.69) is 9.98 Å². The van der Waals surface area contributed by atoms with Gasteiger partial charge in [0.25, 0.3) is 11.8 Å². The molecule has 2 aromatic carbocycles. The third-order valence-corrected chi connectivity index (χ3v) is 16.4. The number of hydrogen-bond acceptors (Lipinski definition) is 18. The number of carbonyl (C=O) groups is 4. The predicted octanol–water partition coefficient (Wildman–Crippen LogP) is -5.18. The molecule has 4 N–H and O–H groups in total. The summed E-state index contributed by atoms with van der Waals surface area (Å²) in [5.74, 6) is -8.64. The van der Waals surface area contributed by atoms with Crippen LogP contribution in [0.3, 0.4) is 0 Å². The molecule has 8 rings (SSSR count). The summed E-state index contributed by atoms with van der Waals surface area (Å²) in [7, 11) is 0. The summed E-state index contributed by atoms with van der Waals surface area (Å²) < 4.78 is -1.95. The number of hydrogen-bond donors (Lipinski definition) is 4. The quantitative estimate of drug-likeness (QED) is 0.0305. The molecule has 4 saturated heterocycles. The summed E-state index contributed by atoms with van der Waals surface area (Å²) in [6.45, 7) is 15.4. The van der Waals surface area contributed by atoms with Gasteiger partial charge in [0.2, 0.25) is 10.9 Å². The molecule has 4 fully saturated rings. The number of fused-ring (bicyclic) bond motifs is 4. The number of aliphatic carboxylic acids is 2. The van der Waals surface area contributed by atoms with E-state index in [-0.39, 0.29) is 92.1 Å². The second kappa shape index (κ2) is 17.8. The number of benzene rings is 4. The number of carboxylic acid groups (broad SMARTS) is 2. The number of thioether (sulfide) groups is 2. The Bertz CT molecular complexity index is 3180. The molecule has 0 saturated carbocycles. The van der Waals surface area contributed by atoms with Crippen LogP contribution in [0.15, 0.2) is 29.2 Å². The number of phenolic OH excluding ortho intramolecular Hbond substituents is 4. The van der Waals surface area contributed by atoms with Crippen LogP contribution in [0.2, 0.25) is 0 Å². The number of phenols is 4. The molecule has 0 bridgehead atoms. The van der Waals surface area contributed by atoms with E-state index in [0.717, 1.165) is 45.8 Å². The number of aromatic hydroxyl groups is 4. The number of carboxylic acids is 2. The maximum atomic E-state index is 15.2. The second-order valence-electron chi connectivity index (χ2n) is 18.8. The molecule has 4 aliphatic heterocycles. The average Bonchev–Trinajstić information content (AvgIpc) is 3.63. The molecule has 2 aromatic rings. The standard InChI is InChI=1S/C46H46N4O14S2.2Na/c1-13(2)19-25-23(17(31(53)35(19)57)11-47-27-39(59)49-37(43(61)62)45(7,8)65-41(27)49)33(55)21(15(5)29(25)51)22-16(6)30(52)26-20(14(3)4)36(58)32(54)18(24(26)34(22)56)12-48-28-40(60)50-38(44(63)64)46(9,10)66-42(28)50;;/h11-14,27-28,37-38,41-42,51,53,55,57H,1-10H3,(H,61,62)(H,63,64);;/q;2*+1/p-2/t27-,28-,37+,38+,41-,42-;;/m1../s1. The van der Waals surface area contributed by atoms with Gasteiger partial charge in [0.1, 0.15) is 22.2 Å². The first kappa shape index (κ1) is 53.1. The fraction of sp³-hybridized carbons (Fsp3) is 0.435. The van der Waals surface area contributed by atoms with Crippen LogP contribution in [0.4, 0.5) is 0 Å². The van der Waals surface area contributed by atoms with E-state index in [9.17, 15) is 64.2 Å². The van der Waals surface area contributed by atoms with Crippen molar-refractivity contribution in [3.63, 3.8) is 0 Å².